The molecule has 1 fully saturated rings. The van der Waals surface area contributed by atoms with Gasteiger partial charge in [-0.05, 0) is 53.3 Å². The van der Waals surface area contributed by atoms with Gasteiger partial charge < -0.3 is 14.7 Å². The zero-order chi connectivity index (χ0) is 20.2. The number of carboxylic acids is 1. The summed E-state index contributed by atoms with van der Waals surface area (Å²) < 4.78 is 5.29. The molecule has 1 amide bonds. The molecule has 4 rings (SSSR count). The zero-order valence-electron chi connectivity index (χ0n) is 16.1. The van der Waals surface area contributed by atoms with E-state index in [0.717, 1.165) is 34.7 Å². The van der Waals surface area contributed by atoms with Crippen molar-refractivity contribution in [2.24, 2.45) is 0 Å². The Morgan fingerprint density at radius 2 is 1.69 bits per heavy atom. The van der Waals surface area contributed by atoms with E-state index >= 15 is 0 Å². The Morgan fingerprint density at radius 3 is 2.48 bits per heavy atom. The maximum absolute atomic E-state index is 13.1. The van der Waals surface area contributed by atoms with E-state index in [1.54, 1.807) is 6.07 Å². The minimum absolute atomic E-state index is 0.0822. The van der Waals surface area contributed by atoms with E-state index in [0.29, 0.717) is 24.8 Å². The molecule has 5 nitrogen and oxygen atoms in total. The highest BCUT2D eigenvalue weighted by molar-refractivity contribution is 6.07. The van der Waals surface area contributed by atoms with Crippen LogP contribution in [0.1, 0.15) is 34.7 Å². The molecule has 148 valence electrons. The predicted octanol–water partition coefficient (Wildman–Crippen LogP) is 4.32. The summed E-state index contributed by atoms with van der Waals surface area (Å²) in [6, 6.07) is 21.4. The smallest absolute Gasteiger partial charge is 0.341 e. The molecular formula is C24H23NO4. The normalized spacial score (nSPS) is 14.7. The predicted molar refractivity (Wildman–Crippen MR) is 111 cm³/mol. The first-order chi connectivity index (χ1) is 14.1. The van der Waals surface area contributed by atoms with Crippen LogP contribution < -0.4 is 4.74 Å². The van der Waals surface area contributed by atoms with Crippen LogP contribution in [0.4, 0.5) is 0 Å². The van der Waals surface area contributed by atoms with E-state index < -0.39 is 5.97 Å². The summed E-state index contributed by atoms with van der Waals surface area (Å²) >= 11 is 0. The number of carbonyl (C=O) groups excluding carboxylic acids is 1. The number of likely N-dealkylation sites (tertiary alicyclic amines) is 1. The molecule has 0 atom stereocenters. The summed E-state index contributed by atoms with van der Waals surface area (Å²) in [5.41, 5.74) is 1.88. The number of nitrogens with zero attached hydrogens (tertiary/aromatic N) is 1. The molecule has 3 aromatic rings. The number of ether oxygens (including phenoxy) is 1. The van der Waals surface area contributed by atoms with Gasteiger partial charge in [-0.25, -0.2) is 4.79 Å². The number of carboxylic acid groups (broad SMARTS) is 1. The second kappa shape index (κ2) is 8.35. The Morgan fingerprint density at radius 1 is 0.966 bits per heavy atom. The van der Waals surface area contributed by atoms with Crippen molar-refractivity contribution >= 4 is 22.6 Å². The van der Waals surface area contributed by atoms with E-state index in [9.17, 15) is 9.59 Å². The minimum atomic E-state index is -0.990. The maximum Gasteiger partial charge on any atom is 0.341 e. The van der Waals surface area contributed by atoms with Crippen molar-refractivity contribution in [1.82, 2.24) is 4.90 Å². The van der Waals surface area contributed by atoms with Crippen molar-refractivity contribution in [3.63, 3.8) is 0 Å². The summed E-state index contributed by atoms with van der Waals surface area (Å²) in [6.07, 6.45) is 1.75. The van der Waals surface area contributed by atoms with Crippen LogP contribution in [0, 0.1) is 0 Å². The lowest BCUT2D eigenvalue weighted by Crippen LogP contribution is -2.38. The zero-order valence-corrected chi connectivity index (χ0v) is 16.1. The third-order valence-corrected chi connectivity index (χ3v) is 5.49. The van der Waals surface area contributed by atoms with Crippen LogP contribution in [-0.2, 0) is 4.79 Å². The van der Waals surface area contributed by atoms with Crippen molar-refractivity contribution in [1.29, 1.82) is 0 Å². The van der Waals surface area contributed by atoms with Crippen molar-refractivity contribution < 1.29 is 19.4 Å². The van der Waals surface area contributed by atoms with Crippen molar-refractivity contribution in [2.75, 3.05) is 19.7 Å². The fourth-order valence-electron chi connectivity index (χ4n) is 4.00. The number of carbonyl (C=O) groups is 2. The Balaban J connectivity index is 1.43. The Bertz CT molecular complexity index is 1030. The average molecular weight is 389 g/mol. The molecule has 0 spiro atoms. The average Bonchev–Trinajstić information content (AvgIpc) is 2.77. The van der Waals surface area contributed by atoms with Gasteiger partial charge in [-0.2, -0.15) is 0 Å². The molecule has 0 unspecified atom stereocenters. The number of hydrogen-bond acceptors (Lipinski definition) is 3. The maximum atomic E-state index is 13.1. The van der Waals surface area contributed by atoms with Gasteiger partial charge in [-0.15, -0.1) is 0 Å². The molecule has 0 bridgehead atoms. The second-order valence-electron chi connectivity index (χ2n) is 7.35. The van der Waals surface area contributed by atoms with Gasteiger partial charge in [-0.3, -0.25) is 4.79 Å². The number of benzene rings is 3. The van der Waals surface area contributed by atoms with Crippen molar-refractivity contribution in [2.45, 2.75) is 18.8 Å². The fraction of sp³-hybridized carbons (Fsp3) is 0.250. The van der Waals surface area contributed by atoms with Crippen molar-refractivity contribution in [3.8, 4) is 5.75 Å². The van der Waals surface area contributed by atoms with Gasteiger partial charge in [0.05, 0.1) is 0 Å². The third kappa shape index (κ3) is 4.24. The van der Waals surface area contributed by atoms with E-state index in [1.165, 1.54) is 0 Å². The van der Waals surface area contributed by atoms with Gasteiger partial charge in [0.15, 0.2) is 6.61 Å². The second-order valence-corrected chi connectivity index (χ2v) is 7.35. The molecule has 0 aromatic heterocycles. The minimum Gasteiger partial charge on any atom is -0.482 e. The fourth-order valence-corrected chi connectivity index (χ4v) is 4.00. The largest absolute Gasteiger partial charge is 0.482 e. The molecule has 5 heteroatoms. The molecule has 1 saturated heterocycles. The summed E-state index contributed by atoms with van der Waals surface area (Å²) in [6.45, 7) is 1.06. The number of hydrogen-bond donors (Lipinski definition) is 1. The topological polar surface area (TPSA) is 66.8 Å². The van der Waals surface area contributed by atoms with Crippen LogP contribution in [0.5, 0.6) is 5.75 Å². The molecule has 0 radical (unpaired) electrons. The number of amides is 1. The summed E-state index contributed by atoms with van der Waals surface area (Å²) in [5, 5.41) is 10.8. The quantitative estimate of drug-likeness (QED) is 0.706. The highest BCUT2D eigenvalue weighted by Gasteiger charge is 2.25. The van der Waals surface area contributed by atoms with Gasteiger partial charge in [0.1, 0.15) is 5.75 Å². The van der Waals surface area contributed by atoms with Crippen LogP contribution in [0.15, 0.2) is 66.7 Å². The molecule has 1 N–H and O–H groups in total. The first-order valence-corrected chi connectivity index (χ1v) is 9.83. The van der Waals surface area contributed by atoms with E-state index in [1.807, 2.05) is 65.6 Å². The lowest BCUT2D eigenvalue weighted by Gasteiger charge is -2.32. The Labute approximate surface area is 169 Å². The lowest BCUT2D eigenvalue weighted by atomic mass is 9.89. The van der Waals surface area contributed by atoms with Gasteiger partial charge in [0.25, 0.3) is 5.91 Å². The SMILES string of the molecule is O=C(O)COc1cccc(C2CCN(C(=O)c3cccc4ccccc34)CC2)c1. The van der Waals surface area contributed by atoms with Crippen LogP contribution in [0.2, 0.25) is 0 Å². The Hall–Kier alpha value is -3.34. The van der Waals surface area contributed by atoms with Crippen LogP contribution >= 0.6 is 0 Å². The number of fused-ring (bicyclic) bond motifs is 1. The lowest BCUT2D eigenvalue weighted by molar-refractivity contribution is -0.139. The molecular weight excluding hydrogens is 366 g/mol. The summed E-state index contributed by atoms with van der Waals surface area (Å²) in [5.74, 6) is -0.00596. The summed E-state index contributed by atoms with van der Waals surface area (Å²) in [4.78, 5) is 25.7. The van der Waals surface area contributed by atoms with Gasteiger partial charge in [0, 0.05) is 18.7 Å². The molecule has 1 aliphatic heterocycles. The monoisotopic (exact) mass is 389 g/mol. The molecule has 0 aliphatic carbocycles. The van der Waals surface area contributed by atoms with E-state index in [4.69, 9.17) is 9.84 Å². The standard InChI is InChI=1S/C24H23NO4/c26-23(27)16-29-20-8-3-7-19(15-20)17-11-13-25(14-12-17)24(28)22-10-4-6-18-5-1-2-9-21(18)22/h1-10,15,17H,11-14,16H2,(H,26,27). The molecule has 0 saturated carbocycles. The van der Waals surface area contributed by atoms with Crippen LogP contribution in [-0.4, -0.2) is 41.6 Å². The van der Waals surface area contributed by atoms with Gasteiger partial charge in [0.2, 0.25) is 0 Å². The first-order valence-electron chi connectivity index (χ1n) is 9.83. The Kier molecular flexibility index (Phi) is 5.47. The van der Waals surface area contributed by atoms with E-state index in [-0.39, 0.29) is 12.5 Å². The van der Waals surface area contributed by atoms with E-state index in [2.05, 4.69) is 0 Å². The van der Waals surface area contributed by atoms with Crippen molar-refractivity contribution in [3.05, 3.63) is 77.9 Å². The molecule has 3 aromatic carbocycles. The first kappa shape index (κ1) is 19.0. The van der Waals surface area contributed by atoms with Crippen LogP contribution in [0.3, 0.4) is 0 Å². The summed E-state index contributed by atoms with van der Waals surface area (Å²) in [7, 11) is 0. The van der Waals surface area contributed by atoms with Gasteiger partial charge in [-0.1, -0.05) is 48.5 Å². The highest BCUT2D eigenvalue weighted by atomic mass is 16.5. The molecule has 29 heavy (non-hydrogen) atoms. The number of rotatable bonds is 5. The molecule has 1 heterocycles. The highest BCUT2D eigenvalue weighted by Crippen LogP contribution is 2.31. The number of piperidine rings is 1. The van der Waals surface area contributed by atoms with Gasteiger partial charge >= 0.3 is 5.97 Å². The molecule has 1 aliphatic rings. The third-order valence-electron chi connectivity index (χ3n) is 5.49. The van der Waals surface area contributed by atoms with Crippen LogP contribution in [0.25, 0.3) is 10.8 Å². The number of aliphatic carboxylic acids is 1.